The molecule has 1 fully saturated rings. The monoisotopic (exact) mass is 502 g/mol. The van der Waals surface area contributed by atoms with E-state index in [1.807, 2.05) is 30.3 Å². The molecule has 0 atom stereocenters. The number of hydrogen-bond acceptors (Lipinski definition) is 4. The Hall–Kier alpha value is -3.94. The van der Waals surface area contributed by atoms with Gasteiger partial charge in [-0.1, -0.05) is 75.1 Å². The maximum absolute atomic E-state index is 13.1. The number of unbranched alkanes of at least 4 members (excludes halogenated alkanes) is 1. The summed E-state index contributed by atoms with van der Waals surface area (Å²) in [6, 6.07) is 14.2. The second-order valence-electron chi connectivity index (χ2n) is 9.60. The van der Waals surface area contributed by atoms with E-state index >= 15 is 0 Å². The molecule has 8 heteroatoms. The fourth-order valence-corrected chi connectivity index (χ4v) is 4.84. The second-order valence-corrected chi connectivity index (χ2v) is 9.60. The molecule has 0 saturated heterocycles. The van der Waals surface area contributed by atoms with Crippen LogP contribution in [0.4, 0.5) is 10.7 Å². The normalized spacial score (nSPS) is 13.8. The van der Waals surface area contributed by atoms with Crippen LogP contribution in [-0.2, 0) is 12.8 Å². The van der Waals surface area contributed by atoms with Crippen LogP contribution in [0.15, 0.2) is 53.3 Å². The molecule has 1 aromatic heterocycles. The molecule has 1 aliphatic carbocycles. The highest BCUT2D eigenvalue weighted by molar-refractivity contribution is 5.96. The first-order chi connectivity index (χ1) is 17.9. The van der Waals surface area contributed by atoms with Crippen molar-refractivity contribution < 1.29 is 14.7 Å². The van der Waals surface area contributed by atoms with Gasteiger partial charge in [0.1, 0.15) is 0 Å². The molecule has 0 unspecified atom stereocenters. The van der Waals surface area contributed by atoms with Gasteiger partial charge in [-0.05, 0) is 48.4 Å². The van der Waals surface area contributed by atoms with Gasteiger partial charge in [-0.3, -0.25) is 15.1 Å². The summed E-state index contributed by atoms with van der Waals surface area (Å²) >= 11 is 0. The number of benzene rings is 2. The summed E-state index contributed by atoms with van der Waals surface area (Å²) in [6.45, 7) is 2.08. The molecule has 4 N–H and O–H groups in total. The van der Waals surface area contributed by atoms with Gasteiger partial charge in [-0.25, -0.2) is 14.6 Å². The van der Waals surface area contributed by atoms with Gasteiger partial charge in [-0.2, -0.15) is 0 Å². The van der Waals surface area contributed by atoms with Crippen molar-refractivity contribution in [3.05, 3.63) is 81.3 Å². The number of carboxylic acid groups (broad SMARTS) is 1. The zero-order valence-electron chi connectivity index (χ0n) is 21.2. The molecule has 1 aliphatic rings. The van der Waals surface area contributed by atoms with Crippen LogP contribution in [-0.4, -0.2) is 33.1 Å². The van der Waals surface area contributed by atoms with E-state index in [1.54, 1.807) is 18.2 Å². The van der Waals surface area contributed by atoms with Gasteiger partial charge in [0.2, 0.25) is 5.95 Å². The Morgan fingerprint density at radius 3 is 2.49 bits per heavy atom. The highest BCUT2D eigenvalue weighted by Crippen LogP contribution is 2.25. The Morgan fingerprint density at radius 2 is 1.78 bits per heavy atom. The van der Waals surface area contributed by atoms with Gasteiger partial charge in [0, 0.05) is 18.0 Å². The smallest absolute Gasteiger partial charge is 0.336 e. The molecule has 0 radical (unpaired) electrons. The lowest BCUT2D eigenvalue weighted by atomic mass is 9.96. The molecule has 0 bridgehead atoms. The van der Waals surface area contributed by atoms with Gasteiger partial charge in [-0.15, -0.1) is 0 Å². The van der Waals surface area contributed by atoms with Crippen LogP contribution < -0.4 is 16.2 Å². The number of H-pyrrole nitrogens is 1. The fourth-order valence-electron chi connectivity index (χ4n) is 4.84. The molecule has 2 aromatic carbocycles. The lowest BCUT2D eigenvalue weighted by Gasteiger charge is -2.22. The van der Waals surface area contributed by atoms with E-state index in [2.05, 4.69) is 27.5 Å². The quantitative estimate of drug-likeness (QED) is 0.307. The van der Waals surface area contributed by atoms with Crippen LogP contribution in [0, 0.1) is 0 Å². The van der Waals surface area contributed by atoms with E-state index in [4.69, 9.17) is 0 Å². The summed E-state index contributed by atoms with van der Waals surface area (Å²) in [5.41, 5.74) is 3.58. The number of urea groups is 1. The number of carbonyl (C=O) groups excluding carboxylic acids is 1. The zero-order chi connectivity index (χ0) is 26.2. The van der Waals surface area contributed by atoms with E-state index in [0.717, 1.165) is 49.7 Å². The Bertz CT molecular complexity index is 1290. The largest absolute Gasteiger partial charge is 0.478 e. The van der Waals surface area contributed by atoms with E-state index in [9.17, 15) is 19.5 Å². The number of aromatic carboxylic acids is 1. The Morgan fingerprint density at radius 1 is 1.05 bits per heavy atom. The van der Waals surface area contributed by atoms with E-state index in [1.165, 1.54) is 6.42 Å². The van der Waals surface area contributed by atoms with E-state index in [0.29, 0.717) is 29.7 Å². The Balaban J connectivity index is 1.52. The van der Waals surface area contributed by atoms with Crippen molar-refractivity contribution in [2.24, 2.45) is 0 Å². The maximum atomic E-state index is 13.1. The van der Waals surface area contributed by atoms with Crippen LogP contribution in [0.25, 0.3) is 11.1 Å². The summed E-state index contributed by atoms with van der Waals surface area (Å²) in [5, 5.41) is 15.2. The number of aromatic nitrogens is 2. The second kappa shape index (κ2) is 12.3. The SMILES string of the molecule is CCCCc1nc(NC(=O)NC2CCCCC2)[nH]c(=O)c1Cc1ccc(-c2ccccc2C(=O)O)cc1. The number of aryl methyl sites for hydroxylation is 1. The van der Waals surface area contributed by atoms with Crippen molar-refractivity contribution in [3.63, 3.8) is 0 Å². The lowest BCUT2D eigenvalue weighted by molar-refractivity contribution is 0.0697. The number of rotatable bonds is 9. The predicted molar refractivity (Wildman–Crippen MR) is 144 cm³/mol. The minimum absolute atomic E-state index is 0.157. The van der Waals surface area contributed by atoms with E-state index in [-0.39, 0.29) is 29.1 Å². The highest BCUT2D eigenvalue weighted by Gasteiger charge is 2.18. The molecule has 0 spiro atoms. The number of aromatic amines is 1. The van der Waals surface area contributed by atoms with Crippen molar-refractivity contribution in [1.82, 2.24) is 15.3 Å². The molecule has 194 valence electrons. The third kappa shape index (κ3) is 6.84. The molecule has 3 aromatic rings. The molecular weight excluding hydrogens is 468 g/mol. The number of carbonyl (C=O) groups is 2. The van der Waals surface area contributed by atoms with Gasteiger partial charge in [0.05, 0.1) is 11.3 Å². The van der Waals surface area contributed by atoms with Crippen LogP contribution >= 0.6 is 0 Å². The van der Waals surface area contributed by atoms with Crippen molar-refractivity contribution in [2.75, 3.05) is 5.32 Å². The molecule has 0 aliphatic heterocycles. The summed E-state index contributed by atoms with van der Waals surface area (Å²) in [5.74, 6) is -0.812. The number of nitrogens with zero attached hydrogens (tertiary/aromatic N) is 1. The van der Waals surface area contributed by atoms with Gasteiger partial charge in [0.25, 0.3) is 5.56 Å². The third-order valence-corrected chi connectivity index (χ3v) is 6.84. The van der Waals surface area contributed by atoms with Crippen LogP contribution in [0.5, 0.6) is 0 Å². The number of carboxylic acids is 1. The molecule has 1 saturated carbocycles. The summed E-state index contributed by atoms with van der Waals surface area (Å²) in [4.78, 5) is 44.5. The molecule has 4 rings (SSSR count). The molecule has 2 amide bonds. The zero-order valence-corrected chi connectivity index (χ0v) is 21.2. The van der Waals surface area contributed by atoms with Gasteiger partial charge in [0.15, 0.2) is 0 Å². The summed E-state index contributed by atoms with van der Waals surface area (Å²) in [7, 11) is 0. The Kier molecular flexibility index (Phi) is 8.72. The van der Waals surface area contributed by atoms with Crippen LogP contribution in [0.3, 0.4) is 0 Å². The predicted octanol–water partition coefficient (Wildman–Crippen LogP) is 5.52. The first-order valence-electron chi connectivity index (χ1n) is 13.1. The van der Waals surface area contributed by atoms with Crippen molar-refractivity contribution in [2.45, 2.75) is 70.8 Å². The number of amides is 2. The number of nitrogens with one attached hydrogen (secondary N) is 3. The molecular formula is C29H34N4O4. The fraction of sp³-hybridized carbons (Fsp3) is 0.379. The van der Waals surface area contributed by atoms with Crippen molar-refractivity contribution in [1.29, 1.82) is 0 Å². The highest BCUT2D eigenvalue weighted by atomic mass is 16.4. The van der Waals surface area contributed by atoms with E-state index < -0.39 is 5.97 Å². The van der Waals surface area contributed by atoms with Crippen LogP contribution in [0.2, 0.25) is 0 Å². The minimum atomic E-state index is -0.973. The first kappa shape index (κ1) is 26.1. The minimum Gasteiger partial charge on any atom is -0.478 e. The lowest BCUT2D eigenvalue weighted by Crippen LogP contribution is -2.39. The molecule has 8 nitrogen and oxygen atoms in total. The number of anilines is 1. The van der Waals surface area contributed by atoms with Crippen LogP contribution in [0.1, 0.15) is 79.0 Å². The molecule has 37 heavy (non-hydrogen) atoms. The van der Waals surface area contributed by atoms with Crippen molar-refractivity contribution in [3.8, 4) is 11.1 Å². The average molecular weight is 503 g/mol. The molecule has 1 heterocycles. The summed E-state index contributed by atoms with van der Waals surface area (Å²) in [6.07, 6.45) is 8.23. The maximum Gasteiger partial charge on any atom is 0.336 e. The Labute approximate surface area is 216 Å². The average Bonchev–Trinajstić information content (AvgIpc) is 2.90. The standard InChI is InChI=1S/C29H34N4O4/c1-2-3-13-25-24(26(34)32-28(31-25)33-29(37)30-21-9-5-4-6-10-21)18-19-14-16-20(17-15-19)22-11-7-8-12-23(22)27(35)36/h7-8,11-12,14-17,21H,2-6,9-10,13,18H2,1H3,(H,35,36)(H3,30,31,32,33,34,37). The summed E-state index contributed by atoms with van der Waals surface area (Å²) < 4.78 is 0. The van der Waals surface area contributed by atoms with Gasteiger partial charge < -0.3 is 10.4 Å². The van der Waals surface area contributed by atoms with Crippen molar-refractivity contribution >= 4 is 17.9 Å². The number of hydrogen-bond donors (Lipinski definition) is 4. The third-order valence-electron chi connectivity index (χ3n) is 6.84. The topological polar surface area (TPSA) is 124 Å². The first-order valence-corrected chi connectivity index (χ1v) is 13.1. The van der Waals surface area contributed by atoms with Gasteiger partial charge >= 0.3 is 12.0 Å².